The van der Waals surface area contributed by atoms with E-state index in [2.05, 4.69) is 88.8 Å². The van der Waals surface area contributed by atoms with Crippen molar-refractivity contribution >= 4 is 112 Å². The molecule has 3 heterocycles. The number of aromatic hydroxyl groups is 1. The van der Waals surface area contributed by atoms with Crippen molar-refractivity contribution in [1.82, 2.24) is 73.6 Å². The Morgan fingerprint density at radius 1 is 0.384 bits per heavy atom. The molecule has 14 amide bonds. The molecule has 0 unspecified atom stereocenters. The van der Waals surface area contributed by atoms with Gasteiger partial charge in [-0.15, -0.1) is 0 Å². The van der Waals surface area contributed by atoms with Crippen LogP contribution in [0, 0.1) is 11.8 Å². The summed E-state index contributed by atoms with van der Waals surface area (Å²) >= 11 is 0. The number of hydrogen-bond donors (Lipinski definition) is 26. The summed E-state index contributed by atoms with van der Waals surface area (Å²) in [5.74, 6) is -15.7. The number of rotatable bonds is 34. The second-order valence-electron chi connectivity index (χ2n) is 31.7. The average Bonchev–Trinajstić information content (AvgIpc) is 1.67. The molecule has 47 nitrogen and oxygen atoms in total. The number of aliphatic hydroxyl groups is 1. The van der Waals surface area contributed by atoms with Gasteiger partial charge in [-0.2, -0.15) is 0 Å². The molecule has 0 radical (unpaired) electrons. The molecule has 1 aromatic rings. The van der Waals surface area contributed by atoms with E-state index < -0.39 is 186 Å². The first kappa shape index (κ1) is 105. The Balaban J connectivity index is 1.96. The van der Waals surface area contributed by atoms with Crippen molar-refractivity contribution in [2.45, 2.75) is 261 Å². The summed E-state index contributed by atoms with van der Waals surface area (Å²) in [6.07, 6.45) is -0.765. The first-order valence-electron chi connectivity index (χ1n) is 42.7. The number of fused-ring (bicyclic) bond motifs is 2. The molecule has 0 aliphatic carbocycles. The number of carbonyl (C=O) groups excluding carboxylic acids is 14. The number of carbonyl (C=O) groups is 14. The van der Waals surface area contributed by atoms with E-state index in [9.17, 15) is 53.4 Å². The number of phenolic OH excluding ortho intramolecular Hbond substituents is 1. The van der Waals surface area contributed by atoms with Gasteiger partial charge in [-0.05, 0) is 178 Å². The average molecular weight is 1770 g/mol. The summed E-state index contributed by atoms with van der Waals surface area (Å²) < 4.78 is 0. The van der Waals surface area contributed by atoms with Crippen LogP contribution in [0.4, 0.5) is 0 Å². The Hall–Kier alpha value is -12.2. The second kappa shape index (κ2) is 55.1. The van der Waals surface area contributed by atoms with Crippen LogP contribution in [0.1, 0.15) is 175 Å². The summed E-state index contributed by atoms with van der Waals surface area (Å²) in [5.41, 5.74) is 68.6. The van der Waals surface area contributed by atoms with Crippen molar-refractivity contribution in [2.75, 3.05) is 65.4 Å². The predicted molar refractivity (Wildman–Crippen MR) is 467 cm³/mol. The Labute approximate surface area is 727 Å². The van der Waals surface area contributed by atoms with Crippen LogP contribution < -0.4 is 133 Å². The van der Waals surface area contributed by atoms with Crippen molar-refractivity contribution < 1.29 is 77.3 Å². The van der Waals surface area contributed by atoms with Gasteiger partial charge < -0.3 is 153 Å². The number of phenols is 1. The molecule has 0 aromatic heterocycles. The predicted octanol–water partition coefficient (Wildman–Crippen LogP) is -9.01. The lowest BCUT2D eigenvalue weighted by Crippen LogP contribution is -2.62. The van der Waals surface area contributed by atoms with Gasteiger partial charge >= 0.3 is 0 Å². The summed E-state index contributed by atoms with van der Waals surface area (Å²) in [7, 11) is 0. The third-order valence-electron chi connectivity index (χ3n) is 21.2. The normalized spacial score (nSPS) is 24.4. The molecule has 0 saturated carbocycles. The fourth-order valence-corrected chi connectivity index (χ4v) is 14.2. The quantitative estimate of drug-likeness (QED) is 0.0173. The Morgan fingerprint density at radius 2 is 0.704 bits per heavy atom. The summed E-state index contributed by atoms with van der Waals surface area (Å²) in [4.78, 5) is 230. The van der Waals surface area contributed by atoms with Crippen LogP contribution in [0.3, 0.4) is 0 Å². The fourth-order valence-electron chi connectivity index (χ4n) is 14.2. The third-order valence-corrected chi connectivity index (χ3v) is 21.2. The van der Waals surface area contributed by atoms with Gasteiger partial charge in [0.05, 0.1) is 12.6 Å². The number of hydrogen-bond acceptors (Lipinski definition) is 23. The zero-order chi connectivity index (χ0) is 93.0. The molecule has 3 saturated heterocycles. The van der Waals surface area contributed by atoms with Gasteiger partial charge in [0.1, 0.15) is 84.3 Å². The third kappa shape index (κ3) is 37.4. The largest absolute Gasteiger partial charge is 0.508 e. The number of nitrogens with two attached hydrogens (primary N) is 12. The topological polar surface area (TPSA) is 804 Å². The van der Waals surface area contributed by atoms with E-state index >= 15 is 24.0 Å². The van der Waals surface area contributed by atoms with E-state index in [-0.39, 0.29) is 210 Å². The number of unbranched alkanes of at least 4 members (excludes halogenated alkanes) is 2. The number of guanidine groups is 5. The maximum atomic E-state index is 15.4. The minimum atomic E-state index is -1.90. The monoisotopic (exact) mass is 1760 g/mol. The Bertz CT molecular complexity index is 3890. The maximum Gasteiger partial charge on any atom is 0.246 e. The van der Waals surface area contributed by atoms with Crippen LogP contribution in [-0.2, 0) is 73.5 Å². The number of nitrogens with zero attached hydrogens (tertiary/aromatic N) is 7. The van der Waals surface area contributed by atoms with Gasteiger partial charge in [-0.25, -0.2) is 0 Å². The number of aliphatic hydroxyl groups excluding tert-OH is 1. The van der Waals surface area contributed by atoms with Gasteiger partial charge in [-0.3, -0.25) is 92.1 Å². The van der Waals surface area contributed by atoms with Crippen molar-refractivity contribution in [3.8, 4) is 5.75 Å². The molecule has 15 atom stereocenters. The zero-order valence-electron chi connectivity index (χ0n) is 72.3. The van der Waals surface area contributed by atoms with E-state index in [1.165, 1.54) is 34.1 Å². The summed E-state index contributed by atoms with van der Waals surface area (Å²) in [6.45, 7) is 6.95. The highest BCUT2D eigenvalue weighted by atomic mass is 16.3. The van der Waals surface area contributed by atoms with E-state index in [1.807, 2.05) is 0 Å². The van der Waals surface area contributed by atoms with E-state index in [0.717, 1.165) is 6.92 Å². The van der Waals surface area contributed by atoms with Gasteiger partial charge in [0.25, 0.3) is 0 Å². The summed E-state index contributed by atoms with van der Waals surface area (Å²) in [6, 6.07) is -13.4. The zero-order valence-corrected chi connectivity index (χ0v) is 72.3. The molecule has 3 aliphatic heterocycles. The highest BCUT2D eigenvalue weighted by Gasteiger charge is 2.46. The molecule has 700 valence electrons. The van der Waals surface area contributed by atoms with Crippen LogP contribution in [-0.4, -0.2) is 283 Å². The molecule has 3 fully saturated rings. The van der Waals surface area contributed by atoms with Gasteiger partial charge in [-0.1, -0.05) is 46.2 Å². The molecule has 47 heteroatoms. The number of amides is 14. The number of nitrogens with one attached hydrogen (secondary N) is 12. The molecule has 1 aromatic carbocycles. The highest BCUT2D eigenvalue weighted by molar-refractivity contribution is 6.01. The SMILES string of the molecule is CC[C@H](C)[C@@H]1NC(=O)[C@H](CCCN=C(N)N)NC(=O)[C@H](CCCN=C(N)N)NC(=O)[C@H](CCCCN)NC(=O)CNC(=O)[C@H](CCCN=C(N)N)NC(=O)[C@H]([C@@H](C)O)NC(=O)[C@H](CCCN=C(N)N)NC(=O)[C@H](CCCN=C(N)N)NC(=O)[C@H](C(C)C)NC(=O)[C@@H]2CCCN2C(=O)[C@H]2CCCN2C(=O)[C@H](Cc2ccc(O)cc2)NC(=O)[C@H](CCCCN)NC1=O. The Morgan fingerprint density at radius 3 is 1.08 bits per heavy atom. The molecule has 3 aliphatic rings. The van der Waals surface area contributed by atoms with Crippen LogP contribution in [0.5, 0.6) is 5.75 Å². The van der Waals surface area contributed by atoms with Crippen molar-refractivity contribution in [2.24, 2.45) is 106 Å². The molecule has 4 rings (SSSR count). The van der Waals surface area contributed by atoms with E-state index in [0.29, 0.717) is 31.2 Å². The number of benzene rings is 1. The summed E-state index contributed by atoms with van der Waals surface area (Å²) in [5, 5.41) is 53.5. The van der Waals surface area contributed by atoms with Crippen molar-refractivity contribution in [3.63, 3.8) is 0 Å². The highest BCUT2D eigenvalue weighted by Crippen LogP contribution is 2.28. The number of aliphatic imine (C=N–C) groups is 5. The second-order valence-corrected chi connectivity index (χ2v) is 31.7. The Kier molecular flexibility index (Phi) is 46.4. The van der Waals surface area contributed by atoms with Crippen molar-refractivity contribution in [1.29, 1.82) is 0 Å². The van der Waals surface area contributed by atoms with Crippen LogP contribution in [0.25, 0.3) is 0 Å². The molecule has 38 N–H and O–H groups in total. The van der Waals surface area contributed by atoms with Crippen LogP contribution in [0.15, 0.2) is 49.2 Å². The molecular formula is C78H137N31O16. The first-order valence-corrected chi connectivity index (χ1v) is 42.7. The molecule has 125 heavy (non-hydrogen) atoms. The lowest BCUT2D eigenvalue weighted by atomic mass is 9.96. The van der Waals surface area contributed by atoms with Gasteiger partial charge in [0, 0.05) is 52.2 Å². The standard InChI is InChI=1S/C78H137N31O16/c1-6-43(4)59-70(122)103-49(19-8-10-32-80)65(117)104-54(40-45-27-29-46(111)30-28-45)72(124)109-39-17-26-56(109)73(125)108-38-16-25-55(108)68(120)105-58(42(2)3)69(121)102-51(22-13-35-93-76(85)86)64(116)100-53(24-15-37-95-78(89)90)67(119)107-60(44(5)110)71(123)101-47(20-11-33-91-74(81)82)61(113)96-41-57(112)97-48(18-7-9-31-79)62(114)98-50(21-12-34-92-75(83)84)63(115)99-52(66(118)106-59)23-14-36-94-77(87)88/h27-30,42-44,47-56,58-60,110-111H,6-26,31-41,79-80H2,1-5H3,(H,96,113)(H,97,112)(H,98,114)(H,99,115)(H,100,116)(H,101,123)(H,102,121)(H,103,122)(H,104,117)(H,105,120)(H,106,118)(H,107,119)(H4,81,82,91)(H4,83,84,92)(H4,85,86,93)(H4,87,88,94)(H4,89,90,95)/t43-,44+,47-,48-,49-,50-,51-,52-,53-,54-,55-,56+,58-,59-,60-/m0/s1. The smallest absolute Gasteiger partial charge is 0.246 e. The van der Waals surface area contributed by atoms with Crippen LogP contribution >= 0.6 is 0 Å². The van der Waals surface area contributed by atoms with Gasteiger partial charge in [0.15, 0.2) is 29.8 Å². The lowest BCUT2D eigenvalue weighted by Gasteiger charge is -2.34. The lowest BCUT2D eigenvalue weighted by molar-refractivity contribution is -0.148. The first-order chi connectivity index (χ1) is 59.3. The minimum absolute atomic E-state index is 0.00278. The minimum Gasteiger partial charge on any atom is -0.508 e. The van der Waals surface area contributed by atoms with Crippen LogP contribution in [0.2, 0.25) is 0 Å². The van der Waals surface area contributed by atoms with Gasteiger partial charge in [0.2, 0.25) is 82.7 Å². The molecular weight excluding hydrogens is 1630 g/mol. The fraction of sp³-hybridized carbons (Fsp3) is 0.679. The maximum absolute atomic E-state index is 15.4. The van der Waals surface area contributed by atoms with E-state index in [1.54, 1.807) is 27.7 Å². The van der Waals surface area contributed by atoms with E-state index in [4.69, 9.17) is 68.8 Å². The molecule has 0 spiro atoms. The van der Waals surface area contributed by atoms with Crippen molar-refractivity contribution in [3.05, 3.63) is 29.8 Å². The molecule has 0 bridgehead atoms.